The van der Waals surface area contributed by atoms with E-state index in [2.05, 4.69) is 252 Å². The number of hydrogen-bond donors (Lipinski definition) is 0. The molecular formula is C85H79N13O4. The van der Waals surface area contributed by atoms with Crippen LogP contribution in [0.15, 0.2) is 231 Å². The fourth-order valence-corrected chi connectivity index (χ4v) is 15.9. The first kappa shape index (κ1) is 63.3. The maximum Gasteiger partial charge on any atom is 0.178 e. The molecule has 0 fully saturated rings. The molecule has 102 heavy (non-hydrogen) atoms. The van der Waals surface area contributed by atoms with Gasteiger partial charge in [-0.1, -0.05) is 121 Å². The molecule has 0 N–H and O–H groups in total. The predicted molar refractivity (Wildman–Crippen MR) is 418 cm³/mol. The normalized spacial score (nSPS) is 16.8. The van der Waals surface area contributed by atoms with Gasteiger partial charge in [0.2, 0.25) is 0 Å². The first-order valence-corrected chi connectivity index (χ1v) is 35.0. The van der Waals surface area contributed by atoms with Crippen molar-refractivity contribution in [2.24, 2.45) is 0 Å². The van der Waals surface area contributed by atoms with Gasteiger partial charge in [0.25, 0.3) is 0 Å². The van der Waals surface area contributed by atoms with Crippen LogP contribution in [0.4, 0.5) is 68.9 Å². The summed E-state index contributed by atoms with van der Waals surface area (Å²) in [7, 11) is 6.25. The lowest BCUT2D eigenvalue weighted by molar-refractivity contribution is 0.602. The van der Waals surface area contributed by atoms with Crippen LogP contribution in [0.2, 0.25) is 0 Å². The van der Waals surface area contributed by atoms with Crippen LogP contribution in [0.1, 0.15) is 63.8 Å². The zero-order valence-corrected chi connectivity index (χ0v) is 59.5. The van der Waals surface area contributed by atoms with E-state index in [0.717, 1.165) is 157 Å². The van der Waals surface area contributed by atoms with E-state index >= 15 is 0 Å². The number of furan rings is 4. The maximum absolute atomic E-state index is 6.35. The molecule has 0 spiro atoms. The van der Waals surface area contributed by atoms with Crippen molar-refractivity contribution in [2.45, 2.75) is 99.9 Å². The van der Waals surface area contributed by atoms with Gasteiger partial charge >= 0.3 is 0 Å². The SMILES string of the molecule is Cc1ccc2c(oc3ccccc32)c1N1c2cccnc2N(C)[C@@H]1C.Cc1ccc2c(oc3ccccc32)c1N1c2ncccc2N(C(C)C)[C@@H]1C.Cc1ccc2c(oc3ccccc32)c1N1c2ncccc2N(C)[C@@H]1C.Cc1ccc2c(oc3ccccc32)c1N1c2nccnc2N(C)[C@@H]1C. The molecule has 0 radical (unpaired) electrons. The average molecular weight is 1350 g/mol. The standard InChI is InChI=1S/C23H23N3O.2C21H19N3O.C20H18N4O/c1-14(2)25-16(4)26(23-19(25)9-7-13-24-23)21-15(3)11-12-18-17-8-5-6-10-20(17)27-22(18)21;1-13-10-11-16-15-7-4-5-9-18(15)25-20(16)19(13)24-14(2)23(3)21-17(24)8-6-12-22-21;1-13-10-11-16-15-7-4-5-9-18(15)25-20(16)19(13)24-14(2)23(3)17-8-6-12-22-21(17)24;1-12-8-9-15-14-6-4-5-7-16(14)25-18(15)17(12)24-13(2)23(3)19-20(24)22-11-10-21-19/h5-14,16H,1-4H3;2*4-12,14H,1-3H3;4-11,13H,1-3H3/t16-;2*14-;13-/m0000/s1. The highest BCUT2D eigenvalue weighted by molar-refractivity contribution is 6.14. The van der Waals surface area contributed by atoms with Gasteiger partial charge in [0.1, 0.15) is 47.0 Å². The molecule has 20 rings (SSSR count). The highest BCUT2D eigenvalue weighted by atomic mass is 16.3. The van der Waals surface area contributed by atoms with Gasteiger partial charge in [0.05, 0.1) is 39.8 Å². The number of aryl methyl sites for hydroxylation is 4. The van der Waals surface area contributed by atoms with Crippen molar-refractivity contribution in [1.82, 2.24) is 24.9 Å². The summed E-state index contributed by atoms with van der Waals surface area (Å²) in [5.41, 5.74) is 20.0. The Balaban J connectivity index is 0.000000101. The largest absolute Gasteiger partial charge is 0.454 e. The van der Waals surface area contributed by atoms with Crippen molar-refractivity contribution in [3.8, 4) is 0 Å². The van der Waals surface area contributed by atoms with Crippen LogP contribution in [-0.4, -0.2) is 76.8 Å². The van der Waals surface area contributed by atoms with E-state index in [1.165, 1.54) is 22.4 Å². The number of anilines is 12. The number of rotatable bonds is 5. The second-order valence-electron chi connectivity index (χ2n) is 27.4. The summed E-state index contributed by atoms with van der Waals surface area (Å²) in [6.45, 7) is 21.8. The van der Waals surface area contributed by atoms with Crippen molar-refractivity contribution in [3.63, 3.8) is 0 Å². The lowest BCUT2D eigenvalue weighted by Gasteiger charge is -2.33. The monoisotopic (exact) mass is 1350 g/mol. The van der Waals surface area contributed by atoms with Crippen molar-refractivity contribution in [1.29, 1.82) is 0 Å². The number of fused-ring (bicyclic) bond motifs is 16. The number of hydrogen-bond acceptors (Lipinski definition) is 17. The fourth-order valence-electron chi connectivity index (χ4n) is 15.9. The summed E-state index contributed by atoms with van der Waals surface area (Å²) in [6, 6.07) is 63.0. The first-order chi connectivity index (χ1) is 49.6. The fraction of sp³-hybridized carbons (Fsp3) is 0.212. The topological polar surface area (TPSA) is 143 Å². The molecule has 4 aliphatic heterocycles. The number of benzene rings is 8. The van der Waals surface area contributed by atoms with Gasteiger partial charge < -0.3 is 52.0 Å². The number of aromatic nitrogens is 5. The molecule has 0 aliphatic carbocycles. The van der Waals surface area contributed by atoms with Gasteiger partial charge in [0.15, 0.2) is 51.4 Å². The molecule has 4 atom stereocenters. The van der Waals surface area contributed by atoms with Gasteiger partial charge in [-0.3, -0.25) is 4.90 Å². The molecule has 8 aromatic heterocycles. The summed E-state index contributed by atoms with van der Waals surface area (Å²) in [5, 5.41) is 9.19. The molecule has 16 aromatic rings. The average Bonchev–Trinajstić information content (AvgIpc) is 1.60. The minimum absolute atomic E-state index is 0.106. The molecule has 17 nitrogen and oxygen atoms in total. The third kappa shape index (κ3) is 9.82. The maximum atomic E-state index is 6.35. The third-order valence-electron chi connectivity index (χ3n) is 21.2. The Labute approximate surface area is 591 Å². The summed E-state index contributed by atoms with van der Waals surface area (Å²) in [6.07, 6.45) is 9.65. The van der Waals surface area contributed by atoms with Crippen LogP contribution >= 0.6 is 0 Å². The molecule has 12 heterocycles. The molecule has 0 amide bonds. The Morgan fingerprint density at radius 1 is 0.284 bits per heavy atom. The molecule has 0 bridgehead atoms. The van der Waals surface area contributed by atoms with Gasteiger partial charge in [-0.15, -0.1) is 0 Å². The Morgan fingerprint density at radius 2 is 0.598 bits per heavy atom. The van der Waals surface area contributed by atoms with Gasteiger partial charge in [-0.05, 0) is 152 Å². The van der Waals surface area contributed by atoms with Crippen molar-refractivity contribution in [3.05, 3.63) is 235 Å². The minimum atomic E-state index is 0.106. The highest BCUT2D eigenvalue weighted by Gasteiger charge is 2.41. The predicted octanol–water partition coefficient (Wildman–Crippen LogP) is 21.1. The Hall–Kier alpha value is -12.1. The molecular weight excluding hydrogens is 1270 g/mol. The lowest BCUT2D eigenvalue weighted by Crippen LogP contribution is -2.42. The summed E-state index contributed by atoms with van der Waals surface area (Å²) in [4.78, 5) is 41.3. The van der Waals surface area contributed by atoms with Crippen LogP contribution in [0, 0.1) is 27.7 Å². The lowest BCUT2D eigenvalue weighted by atomic mass is 10.1. The molecule has 8 aromatic carbocycles. The second kappa shape index (κ2) is 24.7. The molecule has 17 heteroatoms. The quantitative estimate of drug-likeness (QED) is 0.161. The number of nitrogens with zero attached hydrogens (tertiary/aromatic N) is 13. The van der Waals surface area contributed by atoms with Crippen molar-refractivity contribution >= 4 is 157 Å². The van der Waals surface area contributed by atoms with E-state index in [1.807, 2.05) is 98.4 Å². The van der Waals surface area contributed by atoms with Crippen LogP contribution in [0.5, 0.6) is 0 Å². The van der Waals surface area contributed by atoms with Gasteiger partial charge in [0, 0.05) is 101 Å². The molecule has 0 saturated heterocycles. The van der Waals surface area contributed by atoms with Crippen LogP contribution in [0.3, 0.4) is 0 Å². The Kier molecular flexibility index (Phi) is 15.3. The second-order valence-corrected chi connectivity index (χ2v) is 27.4. The molecule has 0 saturated carbocycles. The smallest absolute Gasteiger partial charge is 0.178 e. The van der Waals surface area contributed by atoms with E-state index in [4.69, 9.17) is 22.7 Å². The van der Waals surface area contributed by atoms with Crippen LogP contribution < -0.4 is 39.2 Å². The van der Waals surface area contributed by atoms with Gasteiger partial charge in [-0.25, -0.2) is 24.9 Å². The number of para-hydroxylation sites is 4. The van der Waals surface area contributed by atoms with E-state index < -0.39 is 0 Å². The zero-order valence-electron chi connectivity index (χ0n) is 59.5. The number of pyridine rings is 3. The van der Waals surface area contributed by atoms with E-state index in [-0.39, 0.29) is 24.7 Å². The Morgan fingerprint density at radius 3 is 1.03 bits per heavy atom. The summed E-state index contributed by atoms with van der Waals surface area (Å²) < 4.78 is 25.2. The molecule has 4 aliphatic rings. The molecule has 508 valence electrons. The van der Waals surface area contributed by atoms with E-state index in [9.17, 15) is 0 Å². The Bertz CT molecular complexity index is 5530. The third-order valence-corrected chi connectivity index (χ3v) is 21.2. The highest BCUT2D eigenvalue weighted by Crippen LogP contribution is 2.52. The minimum Gasteiger partial charge on any atom is -0.454 e. The summed E-state index contributed by atoms with van der Waals surface area (Å²) >= 11 is 0. The summed E-state index contributed by atoms with van der Waals surface area (Å²) in [5.74, 6) is 4.74. The van der Waals surface area contributed by atoms with Crippen molar-refractivity contribution in [2.75, 3.05) is 60.3 Å². The van der Waals surface area contributed by atoms with Crippen molar-refractivity contribution < 1.29 is 17.7 Å². The zero-order chi connectivity index (χ0) is 70.1. The van der Waals surface area contributed by atoms with Crippen LogP contribution in [-0.2, 0) is 0 Å². The molecule has 0 unspecified atom stereocenters. The first-order valence-electron chi connectivity index (χ1n) is 35.0. The van der Waals surface area contributed by atoms with E-state index in [0.29, 0.717) is 6.04 Å². The van der Waals surface area contributed by atoms with E-state index in [1.54, 1.807) is 12.4 Å². The van der Waals surface area contributed by atoms with Gasteiger partial charge in [-0.2, -0.15) is 0 Å². The van der Waals surface area contributed by atoms with Crippen LogP contribution in [0.25, 0.3) is 87.8 Å².